The molecule has 0 amide bonds. The Morgan fingerprint density at radius 2 is 1.00 bits per heavy atom. The summed E-state index contributed by atoms with van der Waals surface area (Å²) < 4.78 is 0. The molecule has 2 aliphatic carbocycles. The average Bonchev–Trinajstić information content (AvgIpc) is 2.96. The first-order valence-electron chi connectivity index (χ1n) is 8.28. The van der Waals surface area contributed by atoms with Crippen molar-refractivity contribution < 1.29 is 0 Å². The molecular formula is C17H36. The highest BCUT2D eigenvalue weighted by Crippen LogP contribution is 2.43. The summed E-state index contributed by atoms with van der Waals surface area (Å²) >= 11 is 0. The predicted molar refractivity (Wildman–Crippen MR) is 80.5 cm³/mol. The third-order valence-corrected chi connectivity index (χ3v) is 3.84. The van der Waals surface area contributed by atoms with Gasteiger partial charge in [-0.3, -0.25) is 0 Å². The van der Waals surface area contributed by atoms with E-state index in [2.05, 4.69) is 27.7 Å². The Morgan fingerprint density at radius 3 is 1.18 bits per heavy atom. The maximum Gasteiger partial charge on any atom is -0.0411 e. The summed E-state index contributed by atoms with van der Waals surface area (Å²) in [5.41, 5.74) is 0. The molecule has 0 saturated heterocycles. The molecule has 2 aliphatic rings. The van der Waals surface area contributed by atoms with Crippen molar-refractivity contribution in [1.82, 2.24) is 0 Å². The Morgan fingerprint density at radius 1 is 0.647 bits per heavy atom. The van der Waals surface area contributed by atoms with E-state index in [0.29, 0.717) is 0 Å². The second-order valence-corrected chi connectivity index (χ2v) is 5.89. The summed E-state index contributed by atoms with van der Waals surface area (Å²) in [5, 5.41) is 0. The van der Waals surface area contributed by atoms with Crippen LogP contribution in [-0.4, -0.2) is 0 Å². The Kier molecular flexibility index (Phi) is 12.5. The predicted octanol–water partition coefficient (Wildman–Crippen LogP) is 6.59. The Bertz CT molecular complexity index is 117. The van der Waals surface area contributed by atoms with Gasteiger partial charge in [-0.05, 0) is 18.3 Å². The van der Waals surface area contributed by atoms with Gasteiger partial charge in [-0.1, -0.05) is 91.9 Å². The van der Waals surface area contributed by atoms with Crippen LogP contribution in [0.5, 0.6) is 0 Å². The molecule has 0 unspecified atom stereocenters. The molecule has 0 N–H and O–H groups in total. The lowest BCUT2D eigenvalue weighted by molar-refractivity contribution is 0.480. The zero-order chi connectivity index (χ0) is 12.9. The van der Waals surface area contributed by atoms with Crippen LogP contribution in [-0.2, 0) is 0 Å². The topological polar surface area (TPSA) is 0 Å². The lowest BCUT2D eigenvalue weighted by Gasteiger charge is -2.05. The van der Waals surface area contributed by atoms with Crippen molar-refractivity contribution in [2.24, 2.45) is 11.8 Å². The van der Waals surface area contributed by atoms with E-state index < -0.39 is 0 Å². The molecular weight excluding hydrogens is 204 g/mol. The summed E-state index contributed by atoms with van der Waals surface area (Å²) in [5.74, 6) is 2.34. The Balaban J connectivity index is 0.000000247. The fraction of sp³-hybridized carbons (Fsp3) is 1.00. The lowest BCUT2D eigenvalue weighted by atomic mass is 10.0. The minimum absolute atomic E-state index is 1.17. The molecule has 0 heteroatoms. The number of fused-ring (bicyclic) bond motifs is 2. The van der Waals surface area contributed by atoms with Crippen molar-refractivity contribution in [1.29, 1.82) is 0 Å². The third-order valence-electron chi connectivity index (χ3n) is 3.84. The van der Waals surface area contributed by atoms with Crippen LogP contribution in [0.3, 0.4) is 0 Å². The normalized spacial score (nSPS) is 24.7. The molecule has 0 aromatic carbocycles. The van der Waals surface area contributed by atoms with E-state index in [4.69, 9.17) is 0 Å². The van der Waals surface area contributed by atoms with Crippen LogP contribution >= 0.6 is 0 Å². The molecule has 0 aromatic heterocycles. The fourth-order valence-electron chi connectivity index (χ4n) is 2.85. The largest absolute Gasteiger partial charge is 0.0656 e. The first-order valence-corrected chi connectivity index (χ1v) is 8.28. The average molecular weight is 240 g/mol. The highest BCUT2D eigenvalue weighted by Gasteiger charge is 2.30. The van der Waals surface area contributed by atoms with Gasteiger partial charge in [0.25, 0.3) is 0 Å². The van der Waals surface area contributed by atoms with Crippen molar-refractivity contribution in [2.45, 2.75) is 98.3 Å². The smallest absolute Gasteiger partial charge is 0.0411 e. The van der Waals surface area contributed by atoms with Crippen molar-refractivity contribution in [3.05, 3.63) is 0 Å². The molecule has 104 valence electrons. The van der Waals surface area contributed by atoms with E-state index >= 15 is 0 Å². The molecule has 0 heterocycles. The fourth-order valence-corrected chi connectivity index (χ4v) is 2.85. The summed E-state index contributed by atoms with van der Waals surface area (Å²) in [6.07, 6.45) is 16.1. The standard InChI is InChI=1S/C7H12.C7H16.C3H8/c1-2-7-4-3-6(1)5-7;1-3-5-7-6-4-2;1-3-2/h6-7H,1-5H2;3-7H2,1-2H3;3H2,1-2H3. The molecule has 0 aromatic rings. The number of rotatable bonds is 4. The molecule has 0 aliphatic heterocycles. The van der Waals surface area contributed by atoms with E-state index in [1.807, 2.05) is 0 Å². The van der Waals surface area contributed by atoms with Crippen LogP contribution < -0.4 is 0 Å². The minimum atomic E-state index is 1.17. The molecule has 2 saturated carbocycles. The first-order chi connectivity index (χ1) is 8.28. The molecule has 2 rings (SSSR count). The van der Waals surface area contributed by atoms with Gasteiger partial charge in [0.1, 0.15) is 0 Å². The molecule has 2 bridgehead atoms. The molecule has 0 spiro atoms. The van der Waals surface area contributed by atoms with Crippen LogP contribution in [0.15, 0.2) is 0 Å². The van der Waals surface area contributed by atoms with E-state index in [-0.39, 0.29) is 0 Å². The summed E-state index contributed by atoms with van der Waals surface area (Å²) in [6.45, 7) is 8.74. The minimum Gasteiger partial charge on any atom is -0.0656 e. The van der Waals surface area contributed by atoms with Gasteiger partial charge in [-0.2, -0.15) is 0 Å². The van der Waals surface area contributed by atoms with Gasteiger partial charge in [0, 0.05) is 0 Å². The van der Waals surface area contributed by atoms with Crippen molar-refractivity contribution in [3.63, 3.8) is 0 Å². The van der Waals surface area contributed by atoms with Crippen LogP contribution in [0.4, 0.5) is 0 Å². The van der Waals surface area contributed by atoms with Crippen molar-refractivity contribution >= 4 is 0 Å². The van der Waals surface area contributed by atoms with Crippen LogP contribution in [0.1, 0.15) is 98.3 Å². The Hall–Kier alpha value is 0. The lowest BCUT2D eigenvalue weighted by Crippen LogP contribution is -1.90. The first kappa shape index (κ1) is 17.0. The molecule has 0 atom stereocenters. The molecule has 0 nitrogen and oxygen atoms in total. The van der Waals surface area contributed by atoms with Crippen molar-refractivity contribution in [2.75, 3.05) is 0 Å². The number of hydrogen-bond donors (Lipinski definition) is 0. The molecule has 0 radical (unpaired) electrons. The maximum absolute atomic E-state index is 2.25. The number of unbranched alkanes of at least 4 members (excludes halogenated alkanes) is 4. The SMILES string of the molecule is C1CC2CCC1C2.CCC.CCCCCCC. The van der Waals surface area contributed by atoms with E-state index in [1.165, 1.54) is 50.4 Å². The van der Waals surface area contributed by atoms with E-state index in [9.17, 15) is 0 Å². The van der Waals surface area contributed by atoms with Crippen molar-refractivity contribution in [3.8, 4) is 0 Å². The van der Waals surface area contributed by atoms with Crippen LogP contribution in [0.2, 0.25) is 0 Å². The van der Waals surface area contributed by atoms with Gasteiger partial charge in [0.15, 0.2) is 0 Å². The highest BCUT2D eigenvalue weighted by atomic mass is 14.4. The van der Waals surface area contributed by atoms with E-state index in [0.717, 1.165) is 0 Å². The Labute approximate surface area is 111 Å². The molecule has 17 heavy (non-hydrogen) atoms. The summed E-state index contributed by atoms with van der Waals surface area (Å²) in [7, 11) is 0. The monoisotopic (exact) mass is 240 g/mol. The second kappa shape index (κ2) is 12.5. The maximum atomic E-state index is 2.25. The molecule has 2 fully saturated rings. The second-order valence-electron chi connectivity index (χ2n) is 5.89. The zero-order valence-corrected chi connectivity index (χ0v) is 12.9. The highest BCUT2D eigenvalue weighted by molar-refractivity contribution is 4.82. The summed E-state index contributed by atoms with van der Waals surface area (Å²) in [6, 6.07) is 0. The van der Waals surface area contributed by atoms with Crippen LogP contribution in [0.25, 0.3) is 0 Å². The number of hydrogen-bond acceptors (Lipinski definition) is 0. The van der Waals surface area contributed by atoms with Gasteiger partial charge in [0.05, 0.1) is 0 Å². The van der Waals surface area contributed by atoms with Gasteiger partial charge in [-0.25, -0.2) is 0 Å². The van der Waals surface area contributed by atoms with Crippen LogP contribution in [0, 0.1) is 11.8 Å². The quantitative estimate of drug-likeness (QED) is 0.486. The van der Waals surface area contributed by atoms with Gasteiger partial charge in [0.2, 0.25) is 0 Å². The summed E-state index contributed by atoms with van der Waals surface area (Å²) in [4.78, 5) is 0. The van der Waals surface area contributed by atoms with Gasteiger partial charge in [-0.15, -0.1) is 0 Å². The van der Waals surface area contributed by atoms with E-state index in [1.54, 1.807) is 32.1 Å². The zero-order valence-electron chi connectivity index (χ0n) is 12.9. The van der Waals surface area contributed by atoms with Gasteiger partial charge < -0.3 is 0 Å². The van der Waals surface area contributed by atoms with Gasteiger partial charge >= 0.3 is 0 Å². The third kappa shape index (κ3) is 9.68.